The molecule has 5 nitrogen and oxygen atoms in total. The zero-order valence-electron chi connectivity index (χ0n) is 11.7. The SMILES string of the molecule is CCNc1cc(-c2cnn(C)c2)nc(-c2ccc(Br)s2)n1. The Kier molecular flexibility index (Phi) is 4.03. The second kappa shape index (κ2) is 5.95. The average Bonchev–Trinajstić information content (AvgIpc) is 3.08. The number of halogens is 1. The summed E-state index contributed by atoms with van der Waals surface area (Å²) < 4.78 is 2.84. The number of anilines is 1. The van der Waals surface area contributed by atoms with Crippen molar-refractivity contribution >= 4 is 33.1 Å². The molecule has 3 rings (SSSR count). The van der Waals surface area contributed by atoms with Gasteiger partial charge in [0.25, 0.3) is 0 Å². The van der Waals surface area contributed by atoms with E-state index in [1.54, 1.807) is 16.0 Å². The van der Waals surface area contributed by atoms with E-state index >= 15 is 0 Å². The molecule has 0 aliphatic rings. The molecule has 0 radical (unpaired) electrons. The van der Waals surface area contributed by atoms with E-state index in [0.29, 0.717) is 0 Å². The molecular weight excluding hydrogens is 350 g/mol. The highest BCUT2D eigenvalue weighted by Crippen LogP contribution is 2.31. The second-order valence-corrected chi connectivity index (χ2v) is 6.96. The van der Waals surface area contributed by atoms with Crippen LogP contribution in [-0.2, 0) is 7.05 Å². The molecule has 0 saturated carbocycles. The molecule has 3 heterocycles. The Morgan fingerprint density at radius 1 is 1.33 bits per heavy atom. The molecule has 0 aliphatic heterocycles. The molecule has 0 bridgehead atoms. The molecule has 21 heavy (non-hydrogen) atoms. The number of nitrogens with one attached hydrogen (secondary N) is 1. The summed E-state index contributed by atoms with van der Waals surface area (Å²) >= 11 is 5.10. The highest BCUT2D eigenvalue weighted by molar-refractivity contribution is 9.11. The lowest BCUT2D eigenvalue weighted by atomic mass is 10.2. The van der Waals surface area contributed by atoms with Crippen LogP contribution < -0.4 is 5.32 Å². The van der Waals surface area contributed by atoms with Crippen LogP contribution in [-0.4, -0.2) is 26.3 Å². The van der Waals surface area contributed by atoms with Gasteiger partial charge in [-0.05, 0) is 35.0 Å². The van der Waals surface area contributed by atoms with Crippen LogP contribution in [0.3, 0.4) is 0 Å². The van der Waals surface area contributed by atoms with Crippen LogP contribution in [0.25, 0.3) is 22.0 Å². The zero-order valence-corrected chi connectivity index (χ0v) is 14.1. The Bertz CT molecular complexity index is 706. The van der Waals surface area contributed by atoms with Crippen LogP contribution in [0.1, 0.15) is 6.92 Å². The van der Waals surface area contributed by atoms with Crippen molar-refractivity contribution in [2.75, 3.05) is 11.9 Å². The maximum atomic E-state index is 4.67. The van der Waals surface area contributed by atoms with Crippen molar-refractivity contribution in [3.8, 4) is 22.0 Å². The summed E-state index contributed by atoms with van der Waals surface area (Å²) in [6.45, 7) is 2.87. The first-order chi connectivity index (χ1) is 10.2. The molecule has 0 aliphatic carbocycles. The topological polar surface area (TPSA) is 55.6 Å². The van der Waals surface area contributed by atoms with Crippen LogP contribution >= 0.6 is 27.3 Å². The maximum absolute atomic E-state index is 4.67. The van der Waals surface area contributed by atoms with Gasteiger partial charge in [0, 0.05) is 31.4 Å². The number of rotatable bonds is 4. The van der Waals surface area contributed by atoms with Gasteiger partial charge in [0.2, 0.25) is 0 Å². The van der Waals surface area contributed by atoms with Crippen LogP contribution in [0, 0.1) is 0 Å². The van der Waals surface area contributed by atoms with E-state index in [4.69, 9.17) is 0 Å². The first-order valence-electron chi connectivity index (χ1n) is 6.53. The molecule has 0 unspecified atom stereocenters. The monoisotopic (exact) mass is 363 g/mol. The van der Waals surface area contributed by atoms with Crippen molar-refractivity contribution in [1.82, 2.24) is 19.7 Å². The molecular formula is C14H14BrN5S. The van der Waals surface area contributed by atoms with Gasteiger partial charge in [-0.15, -0.1) is 11.3 Å². The minimum atomic E-state index is 0.725. The fourth-order valence-electron chi connectivity index (χ4n) is 1.96. The summed E-state index contributed by atoms with van der Waals surface area (Å²) in [7, 11) is 1.90. The molecule has 7 heteroatoms. The molecule has 0 atom stereocenters. The summed E-state index contributed by atoms with van der Waals surface area (Å²) in [6.07, 6.45) is 3.76. The summed E-state index contributed by atoms with van der Waals surface area (Å²) in [4.78, 5) is 10.3. The number of aromatic nitrogens is 4. The smallest absolute Gasteiger partial charge is 0.172 e. The number of hydrogen-bond donors (Lipinski definition) is 1. The quantitative estimate of drug-likeness (QED) is 0.765. The maximum Gasteiger partial charge on any atom is 0.172 e. The van der Waals surface area contributed by atoms with Crippen LogP contribution in [0.5, 0.6) is 0 Å². The van der Waals surface area contributed by atoms with Crippen LogP contribution in [0.4, 0.5) is 5.82 Å². The fourth-order valence-corrected chi connectivity index (χ4v) is 3.29. The zero-order chi connectivity index (χ0) is 14.8. The van der Waals surface area contributed by atoms with Gasteiger partial charge in [0.05, 0.1) is 20.6 Å². The summed E-state index contributed by atoms with van der Waals surface area (Å²) in [6, 6.07) is 5.98. The van der Waals surface area contributed by atoms with Crippen molar-refractivity contribution < 1.29 is 0 Å². The first kappa shape index (κ1) is 14.2. The average molecular weight is 364 g/mol. The van der Waals surface area contributed by atoms with E-state index in [-0.39, 0.29) is 0 Å². The standard InChI is InChI=1S/C14H14BrN5S/c1-3-16-13-6-10(9-7-17-20(2)8-9)18-14(19-13)11-4-5-12(15)21-11/h4-8H,3H2,1-2H3,(H,16,18,19). The Morgan fingerprint density at radius 3 is 2.81 bits per heavy atom. The summed E-state index contributed by atoms with van der Waals surface area (Å²) in [5.74, 6) is 1.55. The highest BCUT2D eigenvalue weighted by Gasteiger charge is 2.11. The number of hydrogen-bond acceptors (Lipinski definition) is 5. The van der Waals surface area contributed by atoms with Crippen molar-refractivity contribution in [2.24, 2.45) is 7.05 Å². The van der Waals surface area contributed by atoms with Crippen LogP contribution in [0.2, 0.25) is 0 Å². The van der Waals surface area contributed by atoms with Gasteiger partial charge in [-0.1, -0.05) is 0 Å². The fraction of sp³-hybridized carbons (Fsp3) is 0.214. The van der Waals surface area contributed by atoms with E-state index in [9.17, 15) is 0 Å². The van der Waals surface area contributed by atoms with E-state index in [1.165, 1.54) is 0 Å². The van der Waals surface area contributed by atoms with Crippen molar-refractivity contribution in [3.05, 3.63) is 34.4 Å². The van der Waals surface area contributed by atoms with Crippen LogP contribution in [0.15, 0.2) is 34.4 Å². The Morgan fingerprint density at radius 2 is 2.19 bits per heavy atom. The third-order valence-corrected chi connectivity index (χ3v) is 4.50. The Balaban J connectivity index is 2.09. The van der Waals surface area contributed by atoms with Gasteiger partial charge in [-0.25, -0.2) is 9.97 Å². The molecule has 0 amide bonds. The molecule has 0 spiro atoms. The molecule has 3 aromatic heterocycles. The third-order valence-electron chi connectivity index (χ3n) is 2.88. The third kappa shape index (κ3) is 3.14. The van der Waals surface area contributed by atoms with Gasteiger partial charge in [0.15, 0.2) is 5.82 Å². The van der Waals surface area contributed by atoms with Gasteiger partial charge in [-0.3, -0.25) is 4.68 Å². The predicted octanol–water partition coefficient (Wildman–Crippen LogP) is 3.80. The van der Waals surface area contributed by atoms with E-state index in [2.05, 4.69) is 36.3 Å². The summed E-state index contributed by atoms with van der Waals surface area (Å²) in [5, 5.41) is 7.46. The van der Waals surface area contributed by atoms with E-state index in [1.807, 2.05) is 44.6 Å². The lowest BCUT2D eigenvalue weighted by Gasteiger charge is -2.07. The Labute approximate surface area is 135 Å². The normalized spacial score (nSPS) is 10.8. The molecule has 1 N–H and O–H groups in total. The minimum absolute atomic E-state index is 0.725. The summed E-state index contributed by atoms with van der Waals surface area (Å²) in [5.41, 5.74) is 1.85. The lowest BCUT2D eigenvalue weighted by Crippen LogP contribution is -2.02. The molecule has 0 saturated heterocycles. The van der Waals surface area contributed by atoms with E-state index in [0.717, 1.165) is 38.1 Å². The number of aryl methyl sites for hydroxylation is 1. The molecule has 0 aromatic carbocycles. The van der Waals surface area contributed by atoms with Gasteiger partial charge < -0.3 is 5.32 Å². The number of thiophene rings is 1. The first-order valence-corrected chi connectivity index (χ1v) is 8.14. The highest BCUT2D eigenvalue weighted by atomic mass is 79.9. The number of nitrogens with zero attached hydrogens (tertiary/aromatic N) is 4. The van der Waals surface area contributed by atoms with Crippen molar-refractivity contribution in [3.63, 3.8) is 0 Å². The Hall–Kier alpha value is -1.73. The van der Waals surface area contributed by atoms with Gasteiger partial charge in [0.1, 0.15) is 5.82 Å². The molecule has 108 valence electrons. The predicted molar refractivity (Wildman–Crippen MR) is 89.4 cm³/mol. The lowest BCUT2D eigenvalue weighted by molar-refractivity contribution is 0.768. The molecule has 0 fully saturated rings. The van der Waals surface area contributed by atoms with Gasteiger partial charge in [-0.2, -0.15) is 5.10 Å². The molecule has 3 aromatic rings. The minimum Gasteiger partial charge on any atom is -0.370 e. The van der Waals surface area contributed by atoms with Gasteiger partial charge >= 0.3 is 0 Å². The van der Waals surface area contributed by atoms with Crippen molar-refractivity contribution in [2.45, 2.75) is 6.92 Å². The van der Waals surface area contributed by atoms with Crippen molar-refractivity contribution in [1.29, 1.82) is 0 Å². The largest absolute Gasteiger partial charge is 0.370 e. The second-order valence-electron chi connectivity index (χ2n) is 4.50. The van der Waals surface area contributed by atoms with E-state index < -0.39 is 0 Å².